The summed E-state index contributed by atoms with van der Waals surface area (Å²) in [5.74, 6) is 0. The minimum absolute atomic E-state index is 0.413. The number of rotatable bonds is 4. The molecule has 1 aliphatic heterocycles. The first-order chi connectivity index (χ1) is 7.38. The number of nitrogens with one attached hydrogen (secondary N) is 1. The molecule has 0 aliphatic carbocycles. The predicted molar refractivity (Wildman–Crippen MR) is 61.9 cm³/mol. The second kappa shape index (κ2) is 5.29. The first-order valence-corrected chi connectivity index (χ1v) is 5.78. The van der Waals surface area contributed by atoms with Crippen molar-refractivity contribution in [2.45, 2.75) is 32.5 Å². The Balaban J connectivity index is 1.82. The van der Waals surface area contributed by atoms with E-state index in [2.05, 4.69) is 36.5 Å². The molecule has 1 aromatic rings. The van der Waals surface area contributed by atoms with Crippen LogP contribution in [0, 0.1) is 0 Å². The molecule has 0 radical (unpaired) electrons. The molecule has 2 rings (SSSR count). The Hall–Kier alpha value is -0.860. The monoisotopic (exact) mass is 205 g/mol. The van der Waals surface area contributed by atoms with Crippen LogP contribution in [0.3, 0.4) is 0 Å². The van der Waals surface area contributed by atoms with Crippen LogP contribution in [0.15, 0.2) is 24.3 Å². The lowest BCUT2D eigenvalue weighted by atomic mass is 10.1. The Morgan fingerprint density at radius 1 is 1.27 bits per heavy atom. The summed E-state index contributed by atoms with van der Waals surface area (Å²) in [5, 5.41) is 3.30. The zero-order chi connectivity index (χ0) is 10.5. The Bertz CT molecular complexity index is 288. The summed E-state index contributed by atoms with van der Waals surface area (Å²) >= 11 is 0. The molecule has 0 aromatic heterocycles. The first-order valence-electron chi connectivity index (χ1n) is 5.78. The Kier molecular flexibility index (Phi) is 3.75. The van der Waals surface area contributed by atoms with E-state index in [9.17, 15) is 0 Å². The molecule has 0 spiro atoms. The van der Waals surface area contributed by atoms with Gasteiger partial charge in [0.05, 0.1) is 12.7 Å². The highest BCUT2D eigenvalue weighted by molar-refractivity contribution is 5.21. The molecule has 1 aliphatic rings. The van der Waals surface area contributed by atoms with Crippen molar-refractivity contribution in [2.24, 2.45) is 0 Å². The lowest BCUT2D eigenvalue weighted by molar-refractivity contribution is 0.0542. The molecule has 0 saturated carbocycles. The van der Waals surface area contributed by atoms with E-state index in [4.69, 9.17) is 4.74 Å². The number of aryl methyl sites for hydroxylation is 1. The van der Waals surface area contributed by atoms with Crippen molar-refractivity contribution in [1.29, 1.82) is 0 Å². The van der Waals surface area contributed by atoms with Crippen molar-refractivity contribution >= 4 is 0 Å². The molecular weight excluding hydrogens is 186 g/mol. The summed E-state index contributed by atoms with van der Waals surface area (Å²) in [6, 6.07) is 8.71. The molecule has 2 nitrogen and oxygen atoms in total. The molecule has 0 amide bonds. The minimum atomic E-state index is 0.413. The van der Waals surface area contributed by atoms with Crippen molar-refractivity contribution < 1.29 is 4.74 Å². The molecule has 0 bridgehead atoms. The van der Waals surface area contributed by atoms with Gasteiger partial charge >= 0.3 is 0 Å². The summed E-state index contributed by atoms with van der Waals surface area (Å²) < 4.78 is 5.80. The van der Waals surface area contributed by atoms with E-state index in [1.165, 1.54) is 11.1 Å². The summed E-state index contributed by atoms with van der Waals surface area (Å²) in [4.78, 5) is 0. The Morgan fingerprint density at radius 3 is 2.60 bits per heavy atom. The highest BCUT2D eigenvalue weighted by Crippen LogP contribution is 2.10. The van der Waals surface area contributed by atoms with Crippen LogP contribution >= 0.6 is 0 Å². The summed E-state index contributed by atoms with van der Waals surface area (Å²) in [6.45, 7) is 5.03. The van der Waals surface area contributed by atoms with Gasteiger partial charge in [-0.15, -0.1) is 0 Å². The van der Waals surface area contributed by atoms with Gasteiger partial charge in [0, 0.05) is 6.54 Å². The molecule has 1 unspecified atom stereocenters. The van der Waals surface area contributed by atoms with E-state index in [1.807, 2.05) is 0 Å². The lowest BCUT2D eigenvalue weighted by Gasteiger charge is -2.10. The van der Waals surface area contributed by atoms with Crippen molar-refractivity contribution in [3.05, 3.63) is 35.4 Å². The third kappa shape index (κ3) is 3.05. The fourth-order valence-corrected chi connectivity index (χ4v) is 1.86. The van der Waals surface area contributed by atoms with Gasteiger partial charge in [-0.3, -0.25) is 0 Å². The van der Waals surface area contributed by atoms with Crippen molar-refractivity contribution in [1.82, 2.24) is 5.32 Å². The van der Waals surface area contributed by atoms with E-state index >= 15 is 0 Å². The second-order valence-corrected chi connectivity index (χ2v) is 4.10. The quantitative estimate of drug-likeness (QED) is 0.813. The van der Waals surface area contributed by atoms with E-state index in [0.717, 1.165) is 32.5 Å². The van der Waals surface area contributed by atoms with Crippen LogP contribution in [0.5, 0.6) is 0 Å². The van der Waals surface area contributed by atoms with Gasteiger partial charge in [0.1, 0.15) is 0 Å². The molecule has 1 saturated heterocycles. The number of benzene rings is 1. The molecule has 1 N–H and O–H groups in total. The van der Waals surface area contributed by atoms with Crippen LogP contribution in [0.4, 0.5) is 0 Å². The molecule has 1 heterocycles. The van der Waals surface area contributed by atoms with Crippen LogP contribution in [0.1, 0.15) is 24.5 Å². The predicted octanol–water partition coefficient (Wildman–Crippen LogP) is 2.13. The van der Waals surface area contributed by atoms with E-state index in [0.29, 0.717) is 6.10 Å². The van der Waals surface area contributed by atoms with Gasteiger partial charge in [-0.1, -0.05) is 31.2 Å². The van der Waals surface area contributed by atoms with E-state index in [-0.39, 0.29) is 0 Å². The van der Waals surface area contributed by atoms with Crippen molar-refractivity contribution in [2.75, 3.05) is 13.1 Å². The average Bonchev–Trinajstić information content (AvgIpc) is 2.80. The Labute approximate surface area is 91.6 Å². The smallest absolute Gasteiger partial charge is 0.0721 e. The molecule has 1 aromatic carbocycles. The zero-order valence-electron chi connectivity index (χ0n) is 9.33. The maximum atomic E-state index is 5.80. The van der Waals surface area contributed by atoms with Gasteiger partial charge in [0.2, 0.25) is 0 Å². The normalized spacial score (nSPS) is 20.7. The van der Waals surface area contributed by atoms with Gasteiger partial charge in [0.15, 0.2) is 0 Å². The minimum Gasteiger partial charge on any atom is -0.372 e. The van der Waals surface area contributed by atoms with Gasteiger partial charge in [-0.25, -0.2) is 0 Å². The van der Waals surface area contributed by atoms with Gasteiger partial charge in [0.25, 0.3) is 0 Å². The fourth-order valence-electron chi connectivity index (χ4n) is 1.86. The van der Waals surface area contributed by atoms with Gasteiger partial charge < -0.3 is 10.1 Å². The average molecular weight is 205 g/mol. The van der Waals surface area contributed by atoms with Crippen LogP contribution in [-0.2, 0) is 17.8 Å². The largest absolute Gasteiger partial charge is 0.372 e. The van der Waals surface area contributed by atoms with Crippen LogP contribution in [0.25, 0.3) is 0 Å². The summed E-state index contributed by atoms with van der Waals surface area (Å²) in [7, 11) is 0. The molecule has 15 heavy (non-hydrogen) atoms. The van der Waals surface area contributed by atoms with E-state index < -0.39 is 0 Å². The second-order valence-electron chi connectivity index (χ2n) is 4.10. The van der Waals surface area contributed by atoms with Gasteiger partial charge in [-0.2, -0.15) is 0 Å². The van der Waals surface area contributed by atoms with Crippen LogP contribution in [-0.4, -0.2) is 19.2 Å². The molecule has 1 atom stereocenters. The van der Waals surface area contributed by atoms with Gasteiger partial charge in [-0.05, 0) is 30.5 Å². The molecule has 1 fully saturated rings. The topological polar surface area (TPSA) is 21.3 Å². The highest BCUT2D eigenvalue weighted by Gasteiger charge is 2.14. The van der Waals surface area contributed by atoms with E-state index in [1.54, 1.807) is 0 Å². The number of hydrogen-bond acceptors (Lipinski definition) is 2. The summed E-state index contributed by atoms with van der Waals surface area (Å²) in [6.07, 6.45) is 2.66. The first kappa shape index (κ1) is 10.7. The fraction of sp³-hybridized carbons (Fsp3) is 0.538. The number of hydrogen-bond donors (Lipinski definition) is 1. The third-order valence-electron chi connectivity index (χ3n) is 2.93. The SMILES string of the molecule is CCc1ccc(COC2CCNC2)cc1. The van der Waals surface area contributed by atoms with Crippen LogP contribution in [0.2, 0.25) is 0 Å². The lowest BCUT2D eigenvalue weighted by Crippen LogP contribution is -2.16. The zero-order valence-corrected chi connectivity index (χ0v) is 9.33. The number of ether oxygens (including phenoxy) is 1. The maximum absolute atomic E-state index is 5.80. The molecule has 82 valence electrons. The van der Waals surface area contributed by atoms with Crippen LogP contribution < -0.4 is 5.32 Å². The molecular formula is C13H19NO. The third-order valence-corrected chi connectivity index (χ3v) is 2.93. The molecule has 2 heteroatoms. The van der Waals surface area contributed by atoms with Crippen molar-refractivity contribution in [3.63, 3.8) is 0 Å². The highest BCUT2D eigenvalue weighted by atomic mass is 16.5. The summed E-state index contributed by atoms with van der Waals surface area (Å²) in [5.41, 5.74) is 2.67. The Morgan fingerprint density at radius 2 is 2.00 bits per heavy atom. The maximum Gasteiger partial charge on any atom is 0.0721 e. The van der Waals surface area contributed by atoms with Crippen molar-refractivity contribution in [3.8, 4) is 0 Å². The standard InChI is InChI=1S/C13H19NO/c1-2-11-3-5-12(6-4-11)10-15-13-7-8-14-9-13/h3-6,13-14H,2,7-10H2,1H3.